The highest BCUT2D eigenvalue weighted by molar-refractivity contribution is 5.90. The highest BCUT2D eigenvalue weighted by atomic mass is 16.6. The van der Waals surface area contributed by atoms with Crippen molar-refractivity contribution in [3.8, 4) is 5.88 Å². The molecule has 0 radical (unpaired) electrons. The third kappa shape index (κ3) is 4.81. The van der Waals surface area contributed by atoms with Crippen molar-refractivity contribution in [2.45, 2.75) is 39.2 Å². The lowest BCUT2D eigenvalue weighted by molar-refractivity contribution is -0.161. The van der Waals surface area contributed by atoms with Gasteiger partial charge in [-0.25, -0.2) is 9.78 Å². The number of likely N-dealkylation sites (tertiary alicyclic amines) is 1. The molecule has 1 unspecified atom stereocenters. The molecule has 1 saturated heterocycles. The first-order chi connectivity index (χ1) is 11.3. The second-order valence-electron chi connectivity index (χ2n) is 6.69. The third-order valence-corrected chi connectivity index (χ3v) is 3.56. The maximum Gasteiger partial charge on any atom is 0.322 e. The van der Waals surface area contributed by atoms with Crippen LogP contribution in [0.2, 0.25) is 0 Å². The van der Waals surface area contributed by atoms with Crippen LogP contribution >= 0.6 is 0 Å². The van der Waals surface area contributed by atoms with Crippen LogP contribution in [0.15, 0.2) is 12.5 Å². The van der Waals surface area contributed by atoms with E-state index in [0.29, 0.717) is 24.7 Å². The molecular formula is C16H24N4O4. The number of anilines is 1. The zero-order chi connectivity index (χ0) is 17.7. The number of aromatic nitrogens is 2. The van der Waals surface area contributed by atoms with E-state index in [1.165, 1.54) is 19.6 Å². The van der Waals surface area contributed by atoms with E-state index in [2.05, 4.69) is 15.3 Å². The summed E-state index contributed by atoms with van der Waals surface area (Å²) in [5.41, 5.74) is -0.138. The molecule has 1 aliphatic heterocycles. The Hall–Kier alpha value is -2.38. The second-order valence-corrected chi connectivity index (χ2v) is 6.69. The van der Waals surface area contributed by atoms with Crippen molar-refractivity contribution < 1.29 is 19.1 Å². The Balaban J connectivity index is 1.98. The van der Waals surface area contributed by atoms with Gasteiger partial charge in [-0.15, -0.1) is 0 Å². The summed E-state index contributed by atoms with van der Waals surface area (Å²) in [7, 11) is 1.47. The van der Waals surface area contributed by atoms with Gasteiger partial charge in [0.15, 0.2) is 0 Å². The highest BCUT2D eigenvalue weighted by Gasteiger charge is 2.31. The molecule has 0 aliphatic carbocycles. The minimum atomic E-state index is -0.531. The van der Waals surface area contributed by atoms with E-state index in [9.17, 15) is 9.59 Å². The summed E-state index contributed by atoms with van der Waals surface area (Å²) >= 11 is 0. The van der Waals surface area contributed by atoms with Gasteiger partial charge in [0.25, 0.3) is 0 Å². The fourth-order valence-electron chi connectivity index (χ4n) is 2.50. The lowest BCUT2D eigenvalue weighted by Gasteiger charge is -2.33. The number of hydrogen-bond donors (Lipinski definition) is 1. The van der Waals surface area contributed by atoms with E-state index in [-0.39, 0.29) is 17.9 Å². The first kappa shape index (κ1) is 18.0. The molecule has 0 bridgehead atoms. The van der Waals surface area contributed by atoms with Crippen LogP contribution in [0.3, 0.4) is 0 Å². The van der Waals surface area contributed by atoms with Crippen LogP contribution < -0.4 is 10.1 Å². The van der Waals surface area contributed by atoms with Gasteiger partial charge in [-0.3, -0.25) is 4.79 Å². The molecule has 1 aromatic heterocycles. The predicted octanol–water partition coefficient (Wildman–Crippen LogP) is 2.07. The largest absolute Gasteiger partial charge is 0.479 e. The molecule has 1 aromatic rings. The maximum absolute atomic E-state index is 12.4. The van der Waals surface area contributed by atoms with E-state index < -0.39 is 5.60 Å². The number of nitrogens with one attached hydrogen (secondary N) is 1. The van der Waals surface area contributed by atoms with Gasteiger partial charge in [0, 0.05) is 13.1 Å². The topological polar surface area (TPSA) is 93.7 Å². The Labute approximate surface area is 141 Å². The van der Waals surface area contributed by atoms with Crippen LogP contribution in [-0.4, -0.2) is 52.7 Å². The third-order valence-electron chi connectivity index (χ3n) is 3.56. The van der Waals surface area contributed by atoms with Crippen LogP contribution in [0.5, 0.6) is 5.88 Å². The summed E-state index contributed by atoms with van der Waals surface area (Å²) in [5, 5.41) is 2.72. The average molecular weight is 336 g/mol. The molecule has 2 heterocycles. The monoisotopic (exact) mass is 336 g/mol. The summed E-state index contributed by atoms with van der Waals surface area (Å²) in [4.78, 5) is 34.1. The molecule has 1 aliphatic rings. The Morgan fingerprint density at radius 1 is 1.38 bits per heavy atom. The Kier molecular flexibility index (Phi) is 5.58. The first-order valence-electron chi connectivity index (χ1n) is 7.93. The fourth-order valence-corrected chi connectivity index (χ4v) is 2.50. The molecule has 8 heteroatoms. The van der Waals surface area contributed by atoms with Crippen molar-refractivity contribution >= 4 is 17.7 Å². The molecule has 8 nitrogen and oxygen atoms in total. The van der Waals surface area contributed by atoms with Crippen molar-refractivity contribution in [1.82, 2.24) is 14.9 Å². The second kappa shape index (κ2) is 7.46. The van der Waals surface area contributed by atoms with E-state index in [0.717, 1.165) is 12.8 Å². The predicted molar refractivity (Wildman–Crippen MR) is 87.7 cm³/mol. The molecule has 2 amide bonds. The Morgan fingerprint density at radius 3 is 2.79 bits per heavy atom. The van der Waals surface area contributed by atoms with Crippen molar-refractivity contribution in [3.63, 3.8) is 0 Å². The molecule has 1 atom stereocenters. The number of esters is 1. The van der Waals surface area contributed by atoms with E-state index >= 15 is 0 Å². The van der Waals surface area contributed by atoms with E-state index in [1.54, 1.807) is 4.90 Å². The van der Waals surface area contributed by atoms with Crippen molar-refractivity contribution in [1.29, 1.82) is 0 Å². The Morgan fingerprint density at radius 2 is 2.12 bits per heavy atom. The number of carbonyl (C=O) groups is 2. The van der Waals surface area contributed by atoms with Crippen LogP contribution in [0, 0.1) is 5.92 Å². The summed E-state index contributed by atoms with van der Waals surface area (Å²) in [5.74, 6) is -0.280. The number of amides is 2. The van der Waals surface area contributed by atoms with E-state index in [1.807, 2.05) is 20.8 Å². The van der Waals surface area contributed by atoms with Gasteiger partial charge in [0.1, 0.15) is 17.6 Å². The zero-order valence-corrected chi connectivity index (χ0v) is 14.5. The van der Waals surface area contributed by atoms with Gasteiger partial charge in [0.2, 0.25) is 5.88 Å². The number of hydrogen-bond acceptors (Lipinski definition) is 6. The first-order valence-corrected chi connectivity index (χ1v) is 7.93. The molecule has 24 heavy (non-hydrogen) atoms. The molecule has 132 valence electrons. The molecule has 0 spiro atoms. The van der Waals surface area contributed by atoms with Crippen LogP contribution in [0.1, 0.15) is 33.6 Å². The van der Waals surface area contributed by atoms with E-state index in [4.69, 9.17) is 9.47 Å². The van der Waals surface area contributed by atoms with Crippen molar-refractivity contribution in [3.05, 3.63) is 12.5 Å². The molecule has 2 rings (SSSR count). The molecular weight excluding hydrogens is 312 g/mol. The standard InChI is InChI=1S/C16H24N4O4/c1-16(2,3)24-14(21)11-6-5-7-20(9-11)15(22)19-12-8-17-10-18-13(12)23-4/h8,10-11H,5-7,9H2,1-4H3,(H,19,22). The lowest BCUT2D eigenvalue weighted by Crippen LogP contribution is -2.45. The smallest absolute Gasteiger partial charge is 0.322 e. The van der Waals surface area contributed by atoms with Gasteiger partial charge in [-0.1, -0.05) is 0 Å². The van der Waals surface area contributed by atoms with Gasteiger partial charge in [-0.05, 0) is 33.6 Å². The highest BCUT2D eigenvalue weighted by Crippen LogP contribution is 2.23. The average Bonchev–Trinajstić information content (AvgIpc) is 2.54. The number of urea groups is 1. The fraction of sp³-hybridized carbons (Fsp3) is 0.625. The summed E-state index contributed by atoms with van der Waals surface area (Å²) in [6, 6.07) is -0.309. The summed E-state index contributed by atoms with van der Waals surface area (Å²) in [6.45, 7) is 6.41. The number of rotatable bonds is 3. The number of piperidine rings is 1. The van der Waals surface area contributed by atoms with Crippen LogP contribution in [0.25, 0.3) is 0 Å². The quantitative estimate of drug-likeness (QED) is 0.849. The number of ether oxygens (including phenoxy) is 2. The van der Waals surface area contributed by atoms with Crippen molar-refractivity contribution in [2.75, 3.05) is 25.5 Å². The minimum absolute atomic E-state index is 0.263. The van der Waals surface area contributed by atoms with Gasteiger partial charge < -0.3 is 19.7 Å². The normalized spacial score (nSPS) is 18.0. The maximum atomic E-state index is 12.4. The van der Waals surface area contributed by atoms with Gasteiger partial charge in [0.05, 0.1) is 19.2 Å². The molecule has 1 fully saturated rings. The zero-order valence-electron chi connectivity index (χ0n) is 14.5. The molecule has 1 N–H and O–H groups in total. The number of nitrogens with zero attached hydrogens (tertiary/aromatic N) is 3. The van der Waals surface area contributed by atoms with Crippen molar-refractivity contribution in [2.24, 2.45) is 5.92 Å². The SMILES string of the molecule is COc1ncncc1NC(=O)N1CCCC(C(=O)OC(C)(C)C)C1. The molecule has 0 saturated carbocycles. The van der Waals surface area contributed by atoms with Crippen LogP contribution in [0.4, 0.5) is 10.5 Å². The Bertz CT molecular complexity index is 600. The van der Waals surface area contributed by atoms with Gasteiger partial charge >= 0.3 is 12.0 Å². The summed E-state index contributed by atoms with van der Waals surface area (Å²) in [6.07, 6.45) is 4.28. The summed E-state index contributed by atoms with van der Waals surface area (Å²) < 4.78 is 10.5. The minimum Gasteiger partial charge on any atom is -0.479 e. The lowest BCUT2D eigenvalue weighted by atomic mass is 9.98. The molecule has 0 aromatic carbocycles. The number of methoxy groups -OCH3 is 1. The van der Waals surface area contributed by atoms with Gasteiger partial charge in [-0.2, -0.15) is 4.98 Å². The number of carbonyl (C=O) groups excluding carboxylic acids is 2. The van der Waals surface area contributed by atoms with Crippen LogP contribution in [-0.2, 0) is 9.53 Å².